The van der Waals surface area contributed by atoms with E-state index in [1.807, 2.05) is 18.7 Å². The van der Waals surface area contributed by atoms with Crippen LogP contribution in [-0.2, 0) is 6.42 Å². The fourth-order valence-corrected chi connectivity index (χ4v) is 6.65. The van der Waals surface area contributed by atoms with Crippen molar-refractivity contribution < 1.29 is 13.6 Å². The van der Waals surface area contributed by atoms with Crippen LogP contribution in [-0.4, -0.2) is 27.0 Å². The van der Waals surface area contributed by atoms with Gasteiger partial charge in [0.2, 0.25) is 0 Å². The smallest absolute Gasteiger partial charge is 0.256 e. The molecule has 0 radical (unpaired) electrons. The summed E-state index contributed by atoms with van der Waals surface area (Å²) in [6.07, 6.45) is 0.838. The molecule has 1 unspecified atom stereocenters. The number of hydrogen-bond acceptors (Lipinski definition) is 3. The summed E-state index contributed by atoms with van der Waals surface area (Å²) in [5.74, 6) is -1.05. The van der Waals surface area contributed by atoms with Crippen molar-refractivity contribution in [2.75, 3.05) is 6.54 Å². The molecule has 4 heterocycles. The molecule has 0 spiro atoms. The van der Waals surface area contributed by atoms with Crippen LogP contribution in [0.1, 0.15) is 71.8 Å². The van der Waals surface area contributed by atoms with Gasteiger partial charge < -0.3 is 4.90 Å². The lowest BCUT2D eigenvalue weighted by Crippen LogP contribution is -2.42. The number of halogens is 2. The minimum Gasteiger partial charge on any atom is -0.330 e. The van der Waals surface area contributed by atoms with E-state index < -0.39 is 11.6 Å². The average Bonchev–Trinajstić information content (AvgIpc) is 3.41. The van der Waals surface area contributed by atoms with Gasteiger partial charge in [0.1, 0.15) is 11.6 Å². The number of carbonyl (C=O) groups excluding carboxylic acids is 1. The first-order valence-electron chi connectivity index (χ1n) is 12.0. The summed E-state index contributed by atoms with van der Waals surface area (Å²) in [6.45, 7) is 10.7. The van der Waals surface area contributed by atoms with E-state index in [-0.39, 0.29) is 29.3 Å². The van der Waals surface area contributed by atoms with E-state index in [0.717, 1.165) is 12.1 Å². The fourth-order valence-electron chi connectivity index (χ4n) is 5.41. The molecule has 1 amide bonds. The van der Waals surface area contributed by atoms with Crippen LogP contribution in [0, 0.1) is 24.5 Å². The number of aryl methyl sites for hydroxylation is 1. The molecule has 4 nitrogen and oxygen atoms in total. The number of thiophene rings is 1. The number of nitrogens with zero attached hydrogens (tertiary/aromatic N) is 3. The largest absolute Gasteiger partial charge is 0.330 e. The van der Waals surface area contributed by atoms with Crippen molar-refractivity contribution in [2.45, 2.75) is 53.0 Å². The highest BCUT2D eigenvalue weighted by molar-refractivity contribution is 7.10. The Morgan fingerprint density at radius 1 is 1.06 bits per heavy atom. The van der Waals surface area contributed by atoms with E-state index in [2.05, 4.69) is 30.4 Å². The van der Waals surface area contributed by atoms with Crippen molar-refractivity contribution in [3.8, 4) is 11.1 Å². The van der Waals surface area contributed by atoms with Crippen LogP contribution < -0.4 is 0 Å². The maximum absolute atomic E-state index is 14.7. The van der Waals surface area contributed by atoms with E-state index in [9.17, 15) is 13.6 Å². The third kappa shape index (κ3) is 3.77. The predicted molar refractivity (Wildman–Crippen MR) is 136 cm³/mol. The molecule has 4 aromatic rings. The molecule has 3 aromatic heterocycles. The van der Waals surface area contributed by atoms with Crippen LogP contribution >= 0.6 is 11.3 Å². The molecule has 0 aliphatic carbocycles. The highest BCUT2D eigenvalue weighted by Crippen LogP contribution is 2.40. The average molecular weight is 494 g/mol. The molecule has 0 N–H and O–H groups in total. The molecule has 182 valence electrons. The van der Waals surface area contributed by atoms with Gasteiger partial charge in [-0.15, -0.1) is 11.3 Å². The molecule has 1 aliphatic heterocycles. The number of rotatable bonds is 4. The second-order valence-electron chi connectivity index (χ2n) is 9.89. The molecule has 7 heteroatoms. The summed E-state index contributed by atoms with van der Waals surface area (Å²) < 4.78 is 31.1. The van der Waals surface area contributed by atoms with Crippen LogP contribution in [0.4, 0.5) is 8.78 Å². The van der Waals surface area contributed by atoms with Gasteiger partial charge >= 0.3 is 0 Å². The summed E-state index contributed by atoms with van der Waals surface area (Å²) in [6, 6.07) is 9.62. The van der Waals surface area contributed by atoms with Gasteiger partial charge in [-0.25, -0.2) is 13.3 Å². The molecular formula is C28H29F2N3OS. The van der Waals surface area contributed by atoms with E-state index in [4.69, 9.17) is 0 Å². The Hall–Kier alpha value is -3.06. The third-order valence-electron chi connectivity index (χ3n) is 6.90. The SMILES string of the molecule is Cc1nn2c(C(C)C)c(C(=O)N3CCc4ccsc4C3C(C)C)ccc2c1-c1c(F)cccc1F. The summed E-state index contributed by atoms with van der Waals surface area (Å²) in [5.41, 5.74) is 4.10. The number of benzene rings is 1. The second kappa shape index (κ2) is 8.86. The first-order chi connectivity index (χ1) is 16.7. The van der Waals surface area contributed by atoms with Crippen molar-refractivity contribution in [3.63, 3.8) is 0 Å². The monoisotopic (exact) mass is 493 g/mol. The van der Waals surface area contributed by atoms with Gasteiger partial charge in [-0.2, -0.15) is 5.10 Å². The maximum atomic E-state index is 14.7. The first-order valence-corrected chi connectivity index (χ1v) is 12.9. The topological polar surface area (TPSA) is 37.6 Å². The molecule has 1 aliphatic rings. The summed E-state index contributed by atoms with van der Waals surface area (Å²) in [5, 5.41) is 6.78. The van der Waals surface area contributed by atoms with Gasteiger partial charge in [0, 0.05) is 17.0 Å². The van der Waals surface area contributed by atoms with Crippen LogP contribution in [0.3, 0.4) is 0 Å². The number of hydrogen-bond donors (Lipinski definition) is 0. The van der Waals surface area contributed by atoms with Gasteiger partial charge in [0.15, 0.2) is 0 Å². The van der Waals surface area contributed by atoms with Crippen LogP contribution in [0.5, 0.6) is 0 Å². The van der Waals surface area contributed by atoms with E-state index >= 15 is 0 Å². The summed E-state index contributed by atoms with van der Waals surface area (Å²) in [7, 11) is 0. The molecule has 0 saturated heterocycles. The highest BCUT2D eigenvalue weighted by atomic mass is 32.1. The van der Waals surface area contributed by atoms with Gasteiger partial charge in [0.25, 0.3) is 5.91 Å². The maximum Gasteiger partial charge on any atom is 0.256 e. The van der Waals surface area contributed by atoms with Gasteiger partial charge in [-0.3, -0.25) is 4.79 Å². The van der Waals surface area contributed by atoms with Crippen molar-refractivity contribution in [3.05, 3.63) is 80.8 Å². The lowest BCUT2D eigenvalue weighted by atomic mass is 9.91. The second-order valence-corrected chi connectivity index (χ2v) is 10.8. The molecular weight excluding hydrogens is 464 g/mol. The van der Waals surface area contributed by atoms with E-state index in [1.165, 1.54) is 28.6 Å². The molecule has 0 saturated carbocycles. The molecule has 0 fully saturated rings. The number of carbonyl (C=O) groups is 1. The Morgan fingerprint density at radius 3 is 2.43 bits per heavy atom. The van der Waals surface area contributed by atoms with Gasteiger partial charge in [-0.05, 0) is 66.5 Å². The van der Waals surface area contributed by atoms with E-state index in [1.54, 1.807) is 34.9 Å². The predicted octanol–water partition coefficient (Wildman–Crippen LogP) is 7.17. The zero-order valence-corrected chi connectivity index (χ0v) is 21.4. The Balaban J connectivity index is 1.67. The van der Waals surface area contributed by atoms with Crippen molar-refractivity contribution in [1.82, 2.24) is 14.5 Å². The quantitative estimate of drug-likeness (QED) is 0.302. The molecule has 0 bridgehead atoms. The normalized spacial score (nSPS) is 15.9. The van der Waals surface area contributed by atoms with Gasteiger partial charge in [-0.1, -0.05) is 33.8 Å². The number of pyridine rings is 1. The lowest BCUT2D eigenvalue weighted by Gasteiger charge is -2.38. The number of aromatic nitrogens is 2. The Morgan fingerprint density at radius 2 is 1.77 bits per heavy atom. The first kappa shape index (κ1) is 23.7. The fraction of sp³-hybridized carbons (Fsp3) is 0.357. The molecule has 5 rings (SSSR count). The molecule has 1 atom stereocenters. The minimum absolute atomic E-state index is 0.0180. The zero-order valence-electron chi connectivity index (χ0n) is 20.6. The van der Waals surface area contributed by atoms with Crippen molar-refractivity contribution >= 4 is 22.8 Å². The Labute approximate surface area is 208 Å². The van der Waals surface area contributed by atoms with Crippen molar-refractivity contribution in [2.24, 2.45) is 5.92 Å². The summed E-state index contributed by atoms with van der Waals surface area (Å²) in [4.78, 5) is 17.3. The molecule has 1 aromatic carbocycles. The van der Waals surface area contributed by atoms with Gasteiger partial charge in [0.05, 0.1) is 34.1 Å². The van der Waals surface area contributed by atoms with Crippen LogP contribution in [0.2, 0.25) is 0 Å². The van der Waals surface area contributed by atoms with Crippen LogP contribution in [0.25, 0.3) is 16.6 Å². The minimum atomic E-state index is -0.630. The van der Waals surface area contributed by atoms with E-state index in [0.29, 0.717) is 28.9 Å². The lowest BCUT2D eigenvalue weighted by molar-refractivity contribution is 0.0607. The Kier molecular flexibility index (Phi) is 5.99. The number of fused-ring (bicyclic) bond motifs is 2. The summed E-state index contributed by atoms with van der Waals surface area (Å²) >= 11 is 1.71. The molecule has 35 heavy (non-hydrogen) atoms. The standard InChI is InChI=1S/C28H29F2N3OS/c1-15(2)25-19(28(34)32-13-11-18-12-14-35-27(18)26(32)16(3)4)9-10-22-23(17(5)31-33(22)25)24-20(29)7-6-8-21(24)30/h6-10,12,14-16,26H,11,13H2,1-5H3. The number of amides is 1. The Bertz CT molecular complexity index is 1420. The zero-order chi connectivity index (χ0) is 25.0. The van der Waals surface area contributed by atoms with Crippen molar-refractivity contribution in [1.29, 1.82) is 0 Å². The highest BCUT2D eigenvalue weighted by Gasteiger charge is 2.36. The van der Waals surface area contributed by atoms with Crippen LogP contribution in [0.15, 0.2) is 41.8 Å². The third-order valence-corrected chi connectivity index (χ3v) is 7.93.